The molecule has 6 heteroatoms. The van der Waals surface area contributed by atoms with Gasteiger partial charge in [0.15, 0.2) is 11.5 Å². The van der Waals surface area contributed by atoms with Crippen LogP contribution in [0.1, 0.15) is 30.6 Å². The van der Waals surface area contributed by atoms with E-state index in [9.17, 15) is 14.7 Å². The van der Waals surface area contributed by atoms with Crippen molar-refractivity contribution in [2.45, 2.75) is 26.3 Å². The fraction of sp³-hybridized carbons (Fsp3) is 0.467. The second-order valence-electron chi connectivity index (χ2n) is 5.03. The van der Waals surface area contributed by atoms with E-state index in [1.54, 1.807) is 18.2 Å². The molecule has 2 N–H and O–H groups in total. The van der Waals surface area contributed by atoms with Gasteiger partial charge in [-0.25, -0.2) is 4.79 Å². The number of amides is 1. The molecule has 1 amide bonds. The van der Waals surface area contributed by atoms with Crippen LogP contribution in [0.5, 0.6) is 11.5 Å². The molecule has 1 rings (SSSR count). The van der Waals surface area contributed by atoms with Gasteiger partial charge in [0.2, 0.25) is 0 Å². The SMILES string of the molecule is COc1cccc(C(=O)N[C@H](CC(C)C)C(=O)O)c1OC. The van der Waals surface area contributed by atoms with E-state index in [4.69, 9.17) is 9.47 Å². The number of carboxylic acids is 1. The first-order valence-corrected chi connectivity index (χ1v) is 6.65. The van der Waals surface area contributed by atoms with Crippen LogP contribution in [0.2, 0.25) is 0 Å². The van der Waals surface area contributed by atoms with Crippen LogP contribution in [0.4, 0.5) is 0 Å². The quantitative estimate of drug-likeness (QED) is 0.803. The van der Waals surface area contributed by atoms with Crippen molar-refractivity contribution < 1.29 is 24.2 Å². The Morgan fingerprint density at radius 2 is 1.90 bits per heavy atom. The molecule has 0 aliphatic rings. The number of aliphatic carboxylic acids is 1. The zero-order valence-electron chi connectivity index (χ0n) is 12.7. The first kappa shape index (κ1) is 16.8. The van der Waals surface area contributed by atoms with Crippen molar-refractivity contribution in [2.24, 2.45) is 5.92 Å². The van der Waals surface area contributed by atoms with Gasteiger partial charge in [-0.05, 0) is 24.5 Å². The molecule has 0 bridgehead atoms. The molecule has 0 radical (unpaired) electrons. The van der Waals surface area contributed by atoms with E-state index >= 15 is 0 Å². The topological polar surface area (TPSA) is 84.9 Å². The maximum Gasteiger partial charge on any atom is 0.326 e. The molecule has 0 saturated carbocycles. The van der Waals surface area contributed by atoms with E-state index in [1.165, 1.54) is 14.2 Å². The Morgan fingerprint density at radius 1 is 1.24 bits per heavy atom. The number of para-hydroxylation sites is 1. The lowest BCUT2D eigenvalue weighted by Crippen LogP contribution is -2.41. The molecule has 21 heavy (non-hydrogen) atoms. The Morgan fingerprint density at radius 3 is 2.38 bits per heavy atom. The van der Waals surface area contributed by atoms with Crippen LogP contribution < -0.4 is 14.8 Å². The van der Waals surface area contributed by atoms with Crippen molar-refractivity contribution in [3.63, 3.8) is 0 Å². The third-order valence-electron chi connectivity index (χ3n) is 2.96. The van der Waals surface area contributed by atoms with E-state index in [1.807, 2.05) is 13.8 Å². The number of hydrogen-bond donors (Lipinski definition) is 2. The monoisotopic (exact) mass is 295 g/mol. The van der Waals surface area contributed by atoms with E-state index < -0.39 is 17.9 Å². The van der Waals surface area contributed by atoms with E-state index in [-0.39, 0.29) is 17.2 Å². The van der Waals surface area contributed by atoms with Gasteiger partial charge >= 0.3 is 5.97 Å². The standard InChI is InChI=1S/C15H21NO5/c1-9(2)8-11(15(18)19)16-14(17)10-6-5-7-12(20-3)13(10)21-4/h5-7,9,11H,8H2,1-4H3,(H,16,17)(H,18,19)/t11-/m1/s1. The fourth-order valence-electron chi connectivity index (χ4n) is 1.99. The molecular weight excluding hydrogens is 274 g/mol. The lowest BCUT2D eigenvalue weighted by molar-refractivity contribution is -0.139. The molecule has 0 heterocycles. The Balaban J connectivity index is 3.00. The zero-order chi connectivity index (χ0) is 16.0. The van der Waals surface area contributed by atoms with Gasteiger partial charge in [-0.1, -0.05) is 19.9 Å². The van der Waals surface area contributed by atoms with Crippen molar-refractivity contribution in [3.05, 3.63) is 23.8 Å². The number of carboxylic acid groups (broad SMARTS) is 1. The van der Waals surface area contributed by atoms with Crippen molar-refractivity contribution in [2.75, 3.05) is 14.2 Å². The summed E-state index contributed by atoms with van der Waals surface area (Å²) >= 11 is 0. The molecule has 6 nitrogen and oxygen atoms in total. The Hall–Kier alpha value is -2.24. The summed E-state index contributed by atoms with van der Waals surface area (Å²) in [6.45, 7) is 3.79. The van der Waals surface area contributed by atoms with Crippen LogP contribution in [0.25, 0.3) is 0 Å². The van der Waals surface area contributed by atoms with Crippen molar-refractivity contribution in [3.8, 4) is 11.5 Å². The van der Waals surface area contributed by atoms with Gasteiger partial charge in [-0.2, -0.15) is 0 Å². The van der Waals surface area contributed by atoms with Crippen LogP contribution in [0.15, 0.2) is 18.2 Å². The third-order valence-corrected chi connectivity index (χ3v) is 2.96. The minimum absolute atomic E-state index is 0.151. The second kappa shape index (κ2) is 7.52. The van der Waals surface area contributed by atoms with E-state index in [0.29, 0.717) is 12.2 Å². The normalized spacial score (nSPS) is 11.9. The Kier molecular flexibility index (Phi) is 6.02. The molecule has 0 spiro atoms. The molecule has 116 valence electrons. The highest BCUT2D eigenvalue weighted by Crippen LogP contribution is 2.30. The number of nitrogens with one attached hydrogen (secondary N) is 1. The van der Waals surface area contributed by atoms with Gasteiger partial charge in [-0.15, -0.1) is 0 Å². The fourth-order valence-corrected chi connectivity index (χ4v) is 1.99. The summed E-state index contributed by atoms with van der Waals surface area (Å²) in [5.41, 5.74) is 0.242. The third kappa shape index (κ3) is 4.37. The molecule has 0 fully saturated rings. The summed E-state index contributed by atoms with van der Waals surface area (Å²) < 4.78 is 10.3. The minimum atomic E-state index is -1.06. The van der Waals surface area contributed by atoms with Crippen LogP contribution in [0, 0.1) is 5.92 Å². The molecule has 0 aliphatic carbocycles. The Labute approximate surface area is 124 Å². The van der Waals surface area contributed by atoms with E-state index in [2.05, 4.69) is 5.32 Å². The summed E-state index contributed by atoms with van der Waals surface area (Å²) in [5, 5.41) is 11.7. The predicted octanol–water partition coefficient (Wildman–Crippen LogP) is 1.93. The summed E-state index contributed by atoms with van der Waals surface area (Å²) in [5.74, 6) is -0.705. The molecule has 1 aromatic carbocycles. The second-order valence-corrected chi connectivity index (χ2v) is 5.03. The van der Waals surface area contributed by atoms with Crippen LogP contribution in [-0.2, 0) is 4.79 Å². The lowest BCUT2D eigenvalue weighted by Gasteiger charge is -2.18. The summed E-state index contributed by atoms with van der Waals surface area (Å²) in [6.07, 6.45) is 0.355. The van der Waals surface area contributed by atoms with Crippen LogP contribution >= 0.6 is 0 Å². The minimum Gasteiger partial charge on any atom is -0.493 e. The van der Waals surface area contributed by atoms with Gasteiger partial charge in [0, 0.05) is 0 Å². The average molecular weight is 295 g/mol. The van der Waals surface area contributed by atoms with Gasteiger partial charge in [0.1, 0.15) is 6.04 Å². The number of carbonyl (C=O) groups is 2. The lowest BCUT2D eigenvalue weighted by atomic mass is 10.0. The molecule has 0 saturated heterocycles. The van der Waals surface area contributed by atoms with Gasteiger partial charge in [0.25, 0.3) is 5.91 Å². The number of rotatable bonds is 7. The van der Waals surface area contributed by atoms with Gasteiger partial charge in [0.05, 0.1) is 19.8 Å². The molecule has 0 aliphatic heterocycles. The maximum absolute atomic E-state index is 12.3. The van der Waals surface area contributed by atoms with Gasteiger partial charge < -0.3 is 19.9 Å². The molecule has 0 unspecified atom stereocenters. The molecule has 1 aromatic rings. The largest absolute Gasteiger partial charge is 0.493 e. The summed E-state index contributed by atoms with van der Waals surface area (Å²) in [4.78, 5) is 23.5. The van der Waals surface area contributed by atoms with E-state index in [0.717, 1.165) is 0 Å². The number of carbonyl (C=O) groups excluding carboxylic acids is 1. The van der Waals surface area contributed by atoms with Crippen molar-refractivity contribution >= 4 is 11.9 Å². The summed E-state index contributed by atoms with van der Waals surface area (Å²) in [7, 11) is 2.90. The number of benzene rings is 1. The summed E-state index contributed by atoms with van der Waals surface area (Å²) in [6, 6.07) is 3.94. The van der Waals surface area contributed by atoms with Crippen molar-refractivity contribution in [1.29, 1.82) is 0 Å². The Bertz CT molecular complexity index is 513. The predicted molar refractivity (Wildman–Crippen MR) is 77.9 cm³/mol. The first-order valence-electron chi connectivity index (χ1n) is 6.65. The first-order chi connectivity index (χ1) is 9.90. The highest BCUT2D eigenvalue weighted by atomic mass is 16.5. The molecule has 0 aromatic heterocycles. The highest BCUT2D eigenvalue weighted by molar-refractivity contribution is 5.99. The number of hydrogen-bond acceptors (Lipinski definition) is 4. The number of methoxy groups -OCH3 is 2. The molecule has 1 atom stereocenters. The zero-order valence-corrected chi connectivity index (χ0v) is 12.7. The van der Waals surface area contributed by atoms with Crippen molar-refractivity contribution in [1.82, 2.24) is 5.32 Å². The van der Waals surface area contributed by atoms with Crippen LogP contribution in [-0.4, -0.2) is 37.2 Å². The van der Waals surface area contributed by atoms with Crippen LogP contribution in [0.3, 0.4) is 0 Å². The average Bonchev–Trinajstić information content (AvgIpc) is 2.44. The molecular formula is C15H21NO5. The van der Waals surface area contributed by atoms with Gasteiger partial charge in [-0.3, -0.25) is 4.79 Å². The number of ether oxygens (including phenoxy) is 2. The highest BCUT2D eigenvalue weighted by Gasteiger charge is 2.24. The smallest absolute Gasteiger partial charge is 0.326 e. The maximum atomic E-state index is 12.3.